The maximum absolute atomic E-state index is 12.9. The lowest BCUT2D eigenvalue weighted by molar-refractivity contribution is 0.0661. The zero-order chi connectivity index (χ0) is 16.9. The number of fused-ring (bicyclic) bond motifs is 1. The molecule has 3 rings (SSSR count). The number of nitrogens with one attached hydrogen (secondary N) is 1. The first-order chi connectivity index (χ1) is 11.7. The van der Waals surface area contributed by atoms with E-state index in [0.29, 0.717) is 36.2 Å². The molecule has 7 nitrogen and oxygen atoms in total. The molecule has 0 atom stereocenters. The Hall–Kier alpha value is -2.93. The predicted octanol–water partition coefficient (Wildman–Crippen LogP) is 1.80. The number of aromatic nitrogens is 2. The fourth-order valence-electron chi connectivity index (χ4n) is 2.47. The summed E-state index contributed by atoms with van der Waals surface area (Å²) in [6, 6.07) is 10.5. The van der Waals surface area contributed by atoms with Crippen molar-refractivity contribution < 1.29 is 13.9 Å². The van der Waals surface area contributed by atoms with Gasteiger partial charge in [-0.15, -0.1) is 0 Å². The molecule has 0 spiro atoms. The van der Waals surface area contributed by atoms with Crippen LogP contribution in [0, 0.1) is 0 Å². The fraction of sp³-hybridized carbons (Fsp3) is 0.235. The highest BCUT2D eigenvalue weighted by molar-refractivity contribution is 6.04. The number of methoxy groups -OCH3 is 1. The summed E-state index contributed by atoms with van der Waals surface area (Å²) in [7, 11) is 1.57. The van der Waals surface area contributed by atoms with Crippen LogP contribution in [0.3, 0.4) is 0 Å². The zero-order valence-corrected chi connectivity index (χ0v) is 13.2. The summed E-state index contributed by atoms with van der Waals surface area (Å²) in [6.07, 6.45) is 1.56. The predicted molar refractivity (Wildman–Crippen MR) is 87.7 cm³/mol. The molecular formula is C17H17N3O4. The van der Waals surface area contributed by atoms with Gasteiger partial charge in [0.2, 0.25) is 0 Å². The number of hydrogen-bond acceptors (Lipinski definition) is 5. The van der Waals surface area contributed by atoms with Gasteiger partial charge in [-0.2, -0.15) is 5.10 Å². The lowest BCUT2D eigenvalue weighted by Crippen LogP contribution is -2.34. The normalized spacial score (nSPS) is 10.9. The first kappa shape index (κ1) is 15.9. The Bertz CT molecular complexity index is 886. The minimum absolute atomic E-state index is 0.202. The van der Waals surface area contributed by atoms with Crippen molar-refractivity contribution in [3.63, 3.8) is 0 Å². The number of H-pyrrole nitrogens is 1. The van der Waals surface area contributed by atoms with Gasteiger partial charge < -0.3 is 14.1 Å². The maximum Gasteiger partial charge on any atom is 0.275 e. The summed E-state index contributed by atoms with van der Waals surface area (Å²) < 4.78 is 10.4. The number of carbonyl (C=O) groups is 1. The van der Waals surface area contributed by atoms with Gasteiger partial charge >= 0.3 is 0 Å². The average Bonchev–Trinajstić information content (AvgIpc) is 3.12. The molecule has 0 unspecified atom stereocenters. The van der Waals surface area contributed by atoms with Crippen LogP contribution in [0.1, 0.15) is 16.2 Å². The van der Waals surface area contributed by atoms with Crippen molar-refractivity contribution in [2.45, 2.75) is 6.54 Å². The van der Waals surface area contributed by atoms with Crippen molar-refractivity contribution in [2.75, 3.05) is 20.3 Å². The molecule has 0 saturated carbocycles. The smallest absolute Gasteiger partial charge is 0.275 e. The Morgan fingerprint density at radius 1 is 1.25 bits per heavy atom. The molecule has 1 N–H and O–H groups in total. The van der Waals surface area contributed by atoms with Gasteiger partial charge in [0.15, 0.2) is 5.69 Å². The van der Waals surface area contributed by atoms with E-state index in [-0.39, 0.29) is 17.2 Å². The Morgan fingerprint density at radius 2 is 2.04 bits per heavy atom. The second-order valence-electron chi connectivity index (χ2n) is 5.25. The number of benzene rings is 1. The van der Waals surface area contributed by atoms with E-state index in [4.69, 9.17) is 9.15 Å². The van der Waals surface area contributed by atoms with E-state index in [2.05, 4.69) is 10.2 Å². The number of furan rings is 1. The third-order valence-corrected chi connectivity index (χ3v) is 3.68. The molecule has 0 radical (unpaired) electrons. The summed E-state index contributed by atoms with van der Waals surface area (Å²) in [6.45, 7) is 1.06. The van der Waals surface area contributed by atoms with Gasteiger partial charge in [0.05, 0.1) is 24.8 Å². The number of nitrogens with zero attached hydrogens (tertiary/aromatic N) is 2. The van der Waals surface area contributed by atoms with Crippen LogP contribution >= 0.6 is 0 Å². The molecule has 0 aliphatic rings. The Kier molecular flexibility index (Phi) is 4.72. The number of carbonyl (C=O) groups excluding carboxylic acids is 1. The van der Waals surface area contributed by atoms with Gasteiger partial charge in [0, 0.05) is 19.0 Å². The Labute approximate surface area is 137 Å². The number of hydrogen-bond donors (Lipinski definition) is 1. The highest BCUT2D eigenvalue weighted by atomic mass is 16.5. The van der Waals surface area contributed by atoms with Crippen molar-refractivity contribution in [2.24, 2.45) is 0 Å². The lowest BCUT2D eigenvalue weighted by Gasteiger charge is -2.21. The third kappa shape index (κ3) is 3.21. The number of rotatable bonds is 6. The van der Waals surface area contributed by atoms with Crippen molar-refractivity contribution >= 4 is 16.7 Å². The number of ether oxygens (including phenoxy) is 1. The second kappa shape index (κ2) is 7.10. The average molecular weight is 327 g/mol. The quantitative estimate of drug-likeness (QED) is 0.746. The van der Waals surface area contributed by atoms with Gasteiger partial charge in [-0.05, 0) is 18.2 Å². The first-order valence-electron chi connectivity index (χ1n) is 7.48. The Balaban J connectivity index is 1.97. The number of amides is 1. The van der Waals surface area contributed by atoms with E-state index < -0.39 is 0 Å². The monoisotopic (exact) mass is 327 g/mol. The largest absolute Gasteiger partial charge is 0.467 e. The SMILES string of the molecule is COCCN(Cc1ccco1)C(=O)c1n[nH]c(=O)c2ccccc12. The zero-order valence-electron chi connectivity index (χ0n) is 13.2. The second-order valence-corrected chi connectivity index (χ2v) is 5.25. The molecule has 124 valence electrons. The van der Waals surface area contributed by atoms with Crippen LogP contribution in [-0.4, -0.2) is 41.3 Å². The van der Waals surface area contributed by atoms with Crippen LogP contribution < -0.4 is 5.56 Å². The standard InChI is InChI=1S/C17H17N3O4/c1-23-10-8-20(11-12-5-4-9-24-12)17(22)15-13-6-2-3-7-14(13)16(21)19-18-15/h2-7,9H,8,10-11H2,1H3,(H,19,21). The van der Waals surface area contributed by atoms with Gasteiger partial charge in [0.1, 0.15) is 5.76 Å². The van der Waals surface area contributed by atoms with Crippen LogP contribution in [-0.2, 0) is 11.3 Å². The minimum atomic E-state index is -0.323. The lowest BCUT2D eigenvalue weighted by atomic mass is 10.1. The topological polar surface area (TPSA) is 88.4 Å². The van der Waals surface area contributed by atoms with Crippen LogP contribution in [0.2, 0.25) is 0 Å². The minimum Gasteiger partial charge on any atom is -0.467 e. The van der Waals surface area contributed by atoms with Gasteiger partial charge in [-0.25, -0.2) is 5.10 Å². The van der Waals surface area contributed by atoms with E-state index in [9.17, 15) is 9.59 Å². The summed E-state index contributed by atoms with van der Waals surface area (Å²) in [4.78, 5) is 26.4. The molecule has 2 heterocycles. The van der Waals surface area contributed by atoms with Crippen LogP contribution in [0.25, 0.3) is 10.8 Å². The molecule has 0 saturated heterocycles. The fourth-order valence-corrected chi connectivity index (χ4v) is 2.47. The Morgan fingerprint density at radius 3 is 2.75 bits per heavy atom. The van der Waals surface area contributed by atoms with Crippen molar-refractivity contribution in [3.8, 4) is 0 Å². The maximum atomic E-state index is 12.9. The van der Waals surface area contributed by atoms with Gasteiger partial charge in [0.25, 0.3) is 11.5 Å². The molecule has 1 aromatic carbocycles. The van der Waals surface area contributed by atoms with Crippen molar-refractivity contribution in [3.05, 3.63) is 64.5 Å². The van der Waals surface area contributed by atoms with Crippen molar-refractivity contribution in [1.29, 1.82) is 0 Å². The van der Waals surface area contributed by atoms with Crippen molar-refractivity contribution in [1.82, 2.24) is 15.1 Å². The highest BCUT2D eigenvalue weighted by Crippen LogP contribution is 2.16. The molecular weight excluding hydrogens is 310 g/mol. The van der Waals surface area contributed by atoms with E-state index in [1.54, 1.807) is 54.7 Å². The molecule has 3 aromatic rings. The summed E-state index contributed by atoms with van der Waals surface area (Å²) in [5, 5.41) is 7.30. The van der Waals surface area contributed by atoms with Gasteiger partial charge in [-0.1, -0.05) is 18.2 Å². The van der Waals surface area contributed by atoms with Crippen LogP contribution in [0.5, 0.6) is 0 Å². The van der Waals surface area contributed by atoms with E-state index in [1.165, 1.54) is 0 Å². The number of aromatic amines is 1. The van der Waals surface area contributed by atoms with Crippen LogP contribution in [0.15, 0.2) is 51.9 Å². The summed E-state index contributed by atoms with van der Waals surface area (Å²) >= 11 is 0. The molecule has 7 heteroatoms. The summed E-state index contributed by atoms with van der Waals surface area (Å²) in [5.74, 6) is 0.365. The molecule has 0 aliphatic heterocycles. The van der Waals surface area contributed by atoms with E-state index in [0.717, 1.165) is 0 Å². The molecule has 2 aromatic heterocycles. The summed E-state index contributed by atoms with van der Waals surface area (Å²) in [5.41, 5.74) is -0.121. The molecule has 1 amide bonds. The van der Waals surface area contributed by atoms with E-state index in [1.807, 2.05) is 0 Å². The molecule has 0 fully saturated rings. The molecule has 24 heavy (non-hydrogen) atoms. The highest BCUT2D eigenvalue weighted by Gasteiger charge is 2.21. The van der Waals surface area contributed by atoms with Gasteiger partial charge in [-0.3, -0.25) is 9.59 Å². The first-order valence-corrected chi connectivity index (χ1v) is 7.48. The van der Waals surface area contributed by atoms with E-state index >= 15 is 0 Å². The molecule has 0 aliphatic carbocycles. The van der Waals surface area contributed by atoms with Crippen LogP contribution in [0.4, 0.5) is 0 Å². The third-order valence-electron chi connectivity index (χ3n) is 3.68. The molecule has 0 bridgehead atoms.